The summed E-state index contributed by atoms with van der Waals surface area (Å²) < 4.78 is 7.51. The van der Waals surface area contributed by atoms with E-state index in [0.29, 0.717) is 12.2 Å². The van der Waals surface area contributed by atoms with Crippen LogP contribution in [0.4, 0.5) is 0 Å². The summed E-state index contributed by atoms with van der Waals surface area (Å²) in [5.74, 6) is 2.40. The maximum Gasteiger partial charge on any atom is 0.270 e. The number of pyridine rings is 1. The molecule has 8 heteroatoms. The Labute approximate surface area is 169 Å². The zero-order valence-corrected chi connectivity index (χ0v) is 16.4. The van der Waals surface area contributed by atoms with Gasteiger partial charge in [0.05, 0.1) is 12.8 Å². The second kappa shape index (κ2) is 8.83. The highest BCUT2D eigenvalue weighted by atomic mass is 16.3. The van der Waals surface area contributed by atoms with E-state index in [1.807, 2.05) is 12.1 Å². The van der Waals surface area contributed by atoms with Crippen molar-refractivity contribution in [2.75, 3.05) is 19.6 Å². The molecule has 4 heterocycles. The molecule has 3 aromatic heterocycles. The van der Waals surface area contributed by atoms with Crippen LogP contribution in [-0.2, 0) is 19.5 Å². The van der Waals surface area contributed by atoms with Gasteiger partial charge in [-0.05, 0) is 37.3 Å². The molecular formula is C21H24N6O2. The third-order valence-corrected chi connectivity index (χ3v) is 4.90. The average Bonchev–Trinajstić information content (AvgIpc) is 3.34. The largest absolute Gasteiger partial charge is 0.465 e. The normalized spacial score (nSPS) is 15.0. The second-order valence-electron chi connectivity index (χ2n) is 7.11. The first-order chi connectivity index (χ1) is 14.2. The van der Waals surface area contributed by atoms with E-state index in [-0.39, 0.29) is 5.91 Å². The molecule has 0 bridgehead atoms. The first-order valence-corrected chi connectivity index (χ1v) is 9.72. The van der Waals surface area contributed by atoms with Crippen molar-refractivity contribution < 1.29 is 9.21 Å². The molecule has 3 aromatic rings. The van der Waals surface area contributed by atoms with Crippen LogP contribution >= 0.6 is 0 Å². The monoisotopic (exact) mass is 392 g/mol. The first-order valence-electron chi connectivity index (χ1n) is 9.72. The Morgan fingerprint density at radius 1 is 1.21 bits per heavy atom. The summed E-state index contributed by atoms with van der Waals surface area (Å²) in [7, 11) is 0. The molecule has 1 amide bonds. The van der Waals surface area contributed by atoms with Crippen LogP contribution in [0.5, 0.6) is 0 Å². The highest BCUT2D eigenvalue weighted by Crippen LogP contribution is 2.13. The van der Waals surface area contributed by atoms with Gasteiger partial charge in [-0.15, -0.1) is 10.2 Å². The lowest BCUT2D eigenvalue weighted by Gasteiger charge is -2.19. The third-order valence-electron chi connectivity index (χ3n) is 4.90. The summed E-state index contributed by atoms with van der Waals surface area (Å²) in [4.78, 5) is 18.7. The Balaban J connectivity index is 1.35. The summed E-state index contributed by atoms with van der Waals surface area (Å²) in [5, 5.41) is 11.5. The number of rotatable bonds is 6. The molecule has 4 rings (SSSR count). The lowest BCUT2D eigenvalue weighted by atomic mass is 10.2. The summed E-state index contributed by atoms with van der Waals surface area (Å²) in [6, 6.07) is 9.12. The number of furan rings is 1. The van der Waals surface area contributed by atoms with E-state index in [2.05, 4.69) is 43.0 Å². The Bertz CT molecular complexity index is 978. The van der Waals surface area contributed by atoms with Crippen LogP contribution in [-0.4, -0.2) is 50.2 Å². The number of aromatic nitrogens is 4. The SMILES string of the molecule is CC(=Cc1ccco1)CN1CCc2nnc(CNC(=O)c3ccccn3)n2CC1. The quantitative estimate of drug-likeness (QED) is 0.692. The van der Waals surface area contributed by atoms with E-state index in [4.69, 9.17) is 4.42 Å². The van der Waals surface area contributed by atoms with E-state index in [1.165, 1.54) is 5.57 Å². The zero-order chi connectivity index (χ0) is 20.1. The molecule has 150 valence electrons. The van der Waals surface area contributed by atoms with Crippen molar-refractivity contribution in [1.82, 2.24) is 30.0 Å². The van der Waals surface area contributed by atoms with Crippen molar-refractivity contribution in [1.29, 1.82) is 0 Å². The van der Waals surface area contributed by atoms with Crippen LogP contribution in [0.3, 0.4) is 0 Å². The molecule has 1 N–H and O–H groups in total. The molecule has 8 nitrogen and oxygen atoms in total. The fourth-order valence-electron chi connectivity index (χ4n) is 3.48. The van der Waals surface area contributed by atoms with Crippen LogP contribution in [0.15, 0.2) is 52.8 Å². The number of amides is 1. The van der Waals surface area contributed by atoms with Crippen LogP contribution in [0.25, 0.3) is 6.08 Å². The van der Waals surface area contributed by atoms with Crippen molar-refractivity contribution >= 4 is 12.0 Å². The molecular weight excluding hydrogens is 368 g/mol. The highest BCUT2D eigenvalue weighted by Gasteiger charge is 2.19. The second-order valence-corrected chi connectivity index (χ2v) is 7.11. The Kier molecular flexibility index (Phi) is 5.81. The van der Waals surface area contributed by atoms with Crippen LogP contribution < -0.4 is 5.32 Å². The average molecular weight is 392 g/mol. The van der Waals surface area contributed by atoms with Crippen molar-refractivity contribution in [2.24, 2.45) is 0 Å². The lowest BCUT2D eigenvalue weighted by Crippen LogP contribution is -2.29. The van der Waals surface area contributed by atoms with Crippen molar-refractivity contribution in [2.45, 2.75) is 26.4 Å². The fourth-order valence-corrected chi connectivity index (χ4v) is 3.48. The van der Waals surface area contributed by atoms with E-state index >= 15 is 0 Å². The molecule has 0 fully saturated rings. The van der Waals surface area contributed by atoms with Gasteiger partial charge in [-0.25, -0.2) is 0 Å². The molecule has 0 saturated carbocycles. The van der Waals surface area contributed by atoms with Crippen LogP contribution in [0.2, 0.25) is 0 Å². The van der Waals surface area contributed by atoms with Crippen molar-refractivity contribution in [3.8, 4) is 0 Å². The standard InChI is InChI=1S/C21H24N6O2/c1-16(13-17-5-4-12-29-17)15-26-9-7-19-24-25-20(27(19)11-10-26)14-23-21(28)18-6-2-3-8-22-18/h2-6,8,12-13H,7,9-11,14-15H2,1H3,(H,23,28). The minimum absolute atomic E-state index is 0.211. The fraction of sp³-hybridized carbons (Fsp3) is 0.333. The topological polar surface area (TPSA) is 89.1 Å². The molecule has 0 spiro atoms. The summed E-state index contributed by atoms with van der Waals surface area (Å²) >= 11 is 0. The smallest absolute Gasteiger partial charge is 0.270 e. The predicted octanol–water partition coefficient (Wildman–Crippen LogP) is 2.16. The minimum Gasteiger partial charge on any atom is -0.465 e. The number of hydrogen-bond donors (Lipinski definition) is 1. The summed E-state index contributed by atoms with van der Waals surface area (Å²) in [6.07, 6.45) is 6.19. The predicted molar refractivity (Wildman–Crippen MR) is 108 cm³/mol. The number of carbonyl (C=O) groups excluding carboxylic acids is 1. The van der Waals surface area contributed by atoms with Crippen molar-refractivity contribution in [3.05, 3.63) is 71.5 Å². The van der Waals surface area contributed by atoms with Crippen LogP contribution in [0.1, 0.15) is 34.8 Å². The van der Waals surface area contributed by atoms with Gasteiger partial charge in [0.2, 0.25) is 0 Å². The molecule has 0 aromatic carbocycles. The molecule has 29 heavy (non-hydrogen) atoms. The molecule has 1 aliphatic rings. The summed E-state index contributed by atoms with van der Waals surface area (Å²) in [5.41, 5.74) is 1.65. The molecule has 0 atom stereocenters. The van der Waals surface area contributed by atoms with Gasteiger partial charge in [-0.1, -0.05) is 11.6 Å². The minimum atomic E-state index is -0.211. The first kappa shape index (κ1) is 19.1. The number of nitrogens with zero attached hydrogens (tertiary/aromatic N) is 5. The van der Waals surface area contributed by atoms with Crippen LogP contribution in [0, 0.1) is 0 Å². The van der Waals surface area contributed by atoms with Gasteiger partial charge < -0.3 is 14.3 Å². The molecule has 1 aliphatic heterocycles. The number of hydrogen-bond acceptors (Lipinski definition) is 6. The van der Waals surface area contributed by atoms with Gasteiger partial charge >= 0.3 is 0 Å². The van der Waals surface area contributed by atoms with Gasteiger partial charge in [-0.3, -0.25) is 14.7 Å². The van der Waals surface area contributed by atoms with Gasteiger partial charge in [-0.2, -0.15) is 0 Å². The van der Waals surface area contributed by atoms with E-state index in [9.17, 15) is 4.79 Å². The number of carbonyl (C=O) groups is 1. The van der Waals surface area contributed by atoms with Gasteiger partial charge in [0, 0.05) is 38.8 Å². The van der Waals surface area contributed by atoms with E-state index in [0.717, 1.165) is 50.0 Å². The van der Waals surface area contributed by atoms with E-state index < -0.39 is 0 Å². The maximum atomic E-state index is 12.2. The van der Waals surface area contributed by atoms with Crippen molar-refractivity contribution in [3.63, 3.8) is 0 Å². The van der Waals surface area contributed by atoms with Gasteiger partial charge in [0.15, 0.2) is 5.82 Å². The molecule has 0 radical (unpaired) electrons. The van der Waals surface area contributed by atoms with E-state index in [1.54, 1.807) is 30.7 Å². The Hall–Kier alpha value is -3.26. The van der Waals surface area contributed by atoms with Gasteiger partial charge in [0.25, 0.3) is 5.91 Å². The number of fused-ring (bicyclic) bond motifs is 1. The lowest BCUT2D eigenvalue weighted by molar-refractivity contribution is 0.0944. The third kappa shape index (κ3) is 4.78. The molecule has 0 saturated heterocycles. The maximum absolute atomic E-state index is 12.2. The summed E-state index contributed by atoms with van der Waals surface area (Å²) in [6.45, 7) is 5.94. The zero-order valence-electron chi connectivity index (χ0n) is 16.4. The Morgan fingerprint density at radius 3 is 2.93 bits per heavy atom. The molecule has 0 aliphatic carbocycles. The van der Waals surface area contributed by atoms with Gasteiger partial charge in [0.1, 0.15) is 17.3 Å². The molecule has 0 unspecified atom stereocenters. The number of nitrogens with one attached hydrogen (secondary N) is 1. The Morgan fingerprint density at radius 2 is 2.14 bits per heavy atom. The highest BCUT2D eigenvalue weighted by molar-refractivity contribution is 5.92.